The Labute approximate surface area is 312 Å². The Kier molecular flexibility index (Phi) is 11.5. The van der Waals surface area contributed by atoms with Gasteiger partial charge in [0.15, 0.2) is 5.15 Å². The molecule has 0 saturated carbocycles. The normalized spacial score (nSPS) is 21.3. The summed E-state index contributed by atoms with van der Waals surface area (Å²) in [6.45, 7) is 6.56. The highest BCUT2D eigenvalue weighted by atomic mass is 31.1. The number of hydrogen-bond donors (Lipinski definition) is 0. The van der Waals surface area contributed by atoms with Crippen LogP contribution in [0.25, 0.3) is 0 Å². The molecule has 3 heterocycles. The Morgan fingerprint density at radius 1 is 0.692 bits per heavy atom. The van der Waals surface area contributed by atoms with Crippen molar-refractivity contribution in [2.75, 3.05) is 45.8 Å². The molecule has 3 fully saturated rings. The lowest BCUT2D eigenvalue weighted by Crippen LogP contribution is -2.64. The Morgan fingerprint density at radius 3 is 1.75 bits per heavy atom. The minimum atomic E-state index is -3.30. The molecular weight excluding hydrogens is 714 g/mol. The van der Waals surface area contributed by atoms with Gasteiger partial charge < -0.3 is 4.90 Å². The molecule has 0 N–H and O–H groups in total. The van der Waals surface area contributed by atoms with Gasteiger partial charge in [-0.2, -0.15) is 8.78 Å². The second kappa shape index (κ2) is 16.0. The maximum absolute atomic E-state index is 15.0. The van der Waals surface area contributed by atoms with Gasteiger partial charge in [0.1, 0.15) is 0 Å². The molecule has 4 aromatic rings. The molecule has 0 radical (unpaired) electrons. The summed E-state index contributed by atoms with van der Waals surface area (Å²) in [6, 6.07) is 36.4. The minimum absolute atomic E-state index is 0.00285. The van der Waals surface area contributed by atoms with Crippen LogP contribution in [0.2, 0.25) is 0 Å². The van der Waals surface area contributed by atoms with Crippen LogP contribution in [0.3, 0.4) is 0 Å². The molecule has 52 heavy (non-hydrogen) atoms. The molecular formula is C41H48F3N4OP3. The van der Waals surface area contributed by atoms with Crippen LogP contribution < -0.4 is 0 Å². The molecule has 7 rings (SSSR count). The van der Waals surface area contributed by atoms with E-state index >= 15 is 4.39 Å². The quantitative estimate of drug-likeness (QED) is 0.155. The van der Waals surface area contributed by atoms with Gasteiger partial charge in [-0.3, -0.25) is 19.5 Å². The number of hydrogen-bond acceptors (Lipinski definition) is 4. The lowest BCUT2D eigenvalue weighted by Gasteiger charge is -2.52. The van der Waals surface area contributed by atoms with E-state index in [-0.39, 0.29) is 29.1 Å². The van der Waals surface area contributed by atoms with Gasteiger partial charge in [-0.05, 0) is 59.7 Å². The molecule has 0 bridgehead atoms. The van der Waals surface area contributed by atoms with E-state index in [1.165, 1.54) is 32.5 Å². The van der Waals surface area contributed by atoms with E-state index in [4.69, 9.17) is 0 Å². The molecule has 5 nitrogen and oxygen atoms in total. The molecule has 0 aliphatic carbocycles. The fraction of sp³-hybridized carbons (Fsp3) is 0.390. The highest BCUT2D eigenvalue weighted by molar-refractivity contribution is 7.38. The van der Waals surface area contributed by atoms with E-state index in [9.17, 15) is 13.6 Å². The van der Waals surface area contributed by atoms with Crippen molar-refractivity contribution in [2.45, 2.75) is 54.2 Å². The summed E-state index contributed by atoms with van der Waals surface area (Å²) in [5, 5.41) is -2.04. The highest BCUT2D eigenvalue weighted by Gasteiger charge is 2.41. The van der Waals surface area contributed by atoms with Crippen LogP contribution in [0.15, 0.2) is 109 Å². The Balaban J connectivity index is 1.01. The summed E-state index contributed by atoms with van der Waals surface area (Å²) in [4.78, 5) is 23.8. The van der Waals surface area contributed by atoms with Crippen LogP contribution in [-0.2, 0) is 17.2 Å². The molecule has 0 aromatic heterocycles. The first-order chi connectivity index (χ1) is 24.9. The number of amides is 1. The molecule has 11 heteroatoms. The van der Waals surface area contributed by atoms with E-state index in [1.54, 1.807) is 0 Å². The topological polar surface area (TPSA) is 30.0 Å². The second-order valence-electron chi connectivity index (χ2n) is 14.6. The molecule has 5 atom stereocenters. The SMILES string of the molecule is O=C(c1cc(C(F)(F)P)cc(C(F)(P)P)c1)N1CCC(N2CCN(C3CN(C(c4ccccc4)c4ccccc4)C3)CC2)CC1Cc1ccccc1. The molecule has 3 saturated heterocycles. The number of carbonyl (C=O) groups is 1. The number of alkyl halides is 3. The Hall–Kier alpha value is -2.69. The first-order valence-electron chi connectivity index (χ1n) is 18.2. The Bertz CT molecular complexity index is 1720. The zero-order valence-electron chi connectivity index (χ0n) is 29.3. The smallest absolute Gasteiger partial charge is 0.283 e. The summed E-state index contributed by atoms with van der Waals surface area (Å²) in [5.41, 5.74) is 0.165. The van der Waals surface area contributed by atoms with Crippen LogP contribution in [0, 0.1) is 0 Å². The monoisotopic (exact) mass is 762 g/mol. The van der Waals surface area contributed by atoms with Gasteiger partial charge in [-0.25, -0.2) is 4.39 Å². The van der Waals surface area contributed by atoms with Crippen LogP contribution in [-0.4, -0.2) is 89.4 Å². The average Bonchev–Trinajstić information content (AvgIpc) is 3.13. The molecule has 4 aromatic carbocycles. The fourth-order valence-corrected chi connectivity index (χ4v) is 8.82. The number of halogens is 3. The van der Waals surface area contributed by atoms with Crippen LogP contribution in [0.5, 0.6) is 0 Å². The predicted molar refractivity (Wildman–Crippen MR) is 213 cm³/mol. The van der Waals surface area contributed by atoms with Gasteiger partial charge in [0.25, 0.3) is 11.6 Å². The van der Waals surface area contributed by atoms with Gasteiger partial charge in [0, 0.05) is 75.1 Å². The molecule has 274 valence electrons. The summed E-state index contributed by atoms with van der Waals surface area (Å²) < 4.78 is 44.1. The Morgan fingerprint density at radius 2 is 1.21 bits per heavy atom. The standard InChI is InChI=1S/C41H48F3N4OP3/c42-40(43,50)33-23-32(24-34(25-33)41(44,51)52)39(49)48-17-16-35(26-36(48)22-29-10-4-1-5-11-29)45-18-20-46(21-19-45)37-27-47(28-37)38(30-12-6-2-7-13-30)31-14-8-3-9-15-31/h1-15,23-25,35-38H,16-22,26-28,50-52H2. The number of nitrogens with zero attached hydrogens (tertiary/aromatic N) is 4. The van der Waals surface area contributed by atoms with E-state index in [0.29, 0.717) is 25.0 Å². The number of carbonyl (C=O) groups excluding carboxylic acids is 1. The maximum Gasteiger partial charge on any atom is 0.283 e. The van der Waals surface area contributed by atoms with Gasteiger partial charge in [-0.15, -0.1) is 0 Å². The van der Waals surface area contributed by atoms with Crippen molar-refractivity contribution in [3.05, 3.63) is 143 Å². The number of likely N-dealkylation sites (tertiary alicyclic amines) is 2. The van der Waals surface area contributed by atoms with Crippen LogP contribution in [0.4, 0.5) is 13.2 Å². The zero-order chi connectivity index (χ0) is 36.5. The van der Waals surface area contributed by atoms with Crippen molar-refractivity contribution < 1.29 is 18.0 Å². The van der Waals surface area contributed by atoms with Gasteiger partial charge in [0.05, 0.1) is 6.04 Å². The van der Waals surface area contributed by atoms with Crippen LogP contribution in [0.1, 0.15) is 57.1 Å². The first-order valence-corrected chi connectivity index (χ1v) is 19.9. The summed E-state index contributed by atoms with van der Waals surface area (Å²) in [5.74, 6) is -0.334. The van der Waals surface area contributed by atoms with Gasteiger partial charge >= 0.3 is 0 Å². The highest BCUT2D eigenvalue weighted by Crippen LogP contribution is 2.44. The third-order valence-corrected chi connectivity index (χ3v) is 12.1. The van der Waals surface area contributed by atoms with Gasteiger partial charge in [-0.1, -0.05) is 119 Å². The predicted octanol–water partition coefficient (Wildman–Crippen LogP) is 7.75. The van der Waals surface area contributed by atoms with E-state index < -0.39 is 16.4 Å². The largest absolute Gasteiger partial charge is 0.335 e. The molecule has 3 aliphatic heterocycles. The van der Waals surface area contributed by atoms with Gasteiger partial charge in [0.2, 0.25) is 0 Å². The number of piperidine rings is 1. The van der Waals surface area contributed by atoms with Crippen molar-refractivity contribution in [1.29, 1.82) is 0 Å². The molecule has 0 spiro atoms. The summed E-state index contributed by atoms with van der Waals surface area (Å²) >= 11 is 0. The van der Waals surface area contributed by atoms with Crippen molar-refractivity contribution >= 4 is 33.6 Å². The third kappa shape index (κ3) is 8.65. The minimum Gasteiger partial charge on any atom is -0.335 e. The number of piperazine rings is 1. The van der Waals surface area contributed by atoms with Crippen molar-refractivity contribution in [2.24, 2.45) is 0 Å². The maximum atomic E-state index is 15.0. The second-order valence-corrected chi connectivity index (χ2v) is 17.7. The fourth-order valence-electron chi connectivity index (χ4n) is 8.32. The average molecular weight is 763 g/mol. The molecule has 3 aliphatic rings. The van der Waals surface area contributed by atoms with Crippen molar-refractivity contribution in [1.82, 2.24) is 19.6 Å². The summed E-state index contributed by atoms with van der Waals surface area (Å²) in [6.07, 6.45) is 2.26. The summed E-state index contributed by atoms with van der Waals surface area (Å²) in [7, 11) is 5.55. The molecule has 5 unspecified atom stereocenters. The molecule has 1 amide bonds. The number of benzene rings is 4. The number of rotatable bonds is 10. The van der Waals surface area contributed by atoms with Crippen molar-refractivity contribution in [3.8, 4) is 0 Å². The van der Waals surface area contributed by atoms with Crippen LogP contribution >= 0.6 is 27.7 Å². The first kappa shape index (κ1) is 37.6. The lowest BCUT2D eigenvalue weighted by atomic mass is 9.89. The van der Waals surface area contributed by atoms with E-state index in [0.717, 1.165) is 63.7 Å². The van der Waals surface area contributed by atoms with Crippen molar-refractivity contribution in [3.63, 3.8) is 0 Å². The van der Waals surface area contributed by atoms with E-state index in [1.807, 2.05) is 41.6 Å². The zero-order valence-corrected chi connectivity index (χ0v) is 32.8. The van der Waals surface area contributed by atoms with E-state index in [2.05, 4.69) is 87.5 Å². The third-order valence-electron chi connectivity index (χ3n) is 11.1. The lowest BCUT2D eigenvalue weighted by molar-refractivity contribution is -0.0248.